The van der Waals surface area contributed by atoms with Crippen LogP contribution < -0.4 is 10.6 Å². The van der Waals surface area contributed by atoms with Gasteiger partial charge in [-0.15, -0.1) is 0 Å². The summed E-state index contributed by atoms with van der Waals surface area (Å²) in [6.45, 7) is 8.16. The van der Waals surface area contributed by atoms with E-state index in [2.05, 4.69) is 10.6 Å². The van der Waals surface area contributed by atoms with Crippen LogP contribution in [0.15, 0.2) is 12.1 Å². The first-order chi connectivity index (χ1) is 18.4. The number of hydrogen-bond donors (Lipinski definition) is 3. The largest absolute Gasteiger partial charge is 0.505 e. The van der Waals surface area contributed by atoms with E-state index in [1.807, 2.05) is 6.92 Å². The number of halogens is 1. The zero-order valence-corrected chi connectivity index (χ0v) is 22.8. The number of benzene rings is 1. The van der Waals surface area contributed by atoms with Gasteiger partial charge in [0.15, 0.2) is 17.9 Å². The van der Waals surface area contributed by atoms with Gasteiger partial charge in [0.25, 0.3) is 5.91 Å². The normalized spacial score (nSPS) is 23.5. The second-order valence-electron chi connectivity index (χ2n) is 9.86. The van der Waals surface area contributed by atoms with Gasteiger partial charge in [-0.1, -0.05) is 46.5 Å². The first kappa shape index (κ1) is 31.5. The smallest absolute Gasteiger partial charge is 0.332 e. The molecule has 0 aliphatic carbocycles. The number of unbranched alkanes of at least 4 members (excludes halogenated alkanes) is 3. The maximum absolute atomic E-state index is 14.0. The third-order valence-corrected chi connectivity index (χ3v) is 6.40. The summed E-state index contributed by atoms with van der Waals surface area (Å²) in [4.78, 5) is 62.6. The van der Waals surface area contributed by atoms with Gasteiger partial charge in [-0.3, -0.25) is 19.2 Å². The van der Waals surface area contributed by atoms with E-state index in [4.69, 9.17) is 14.2 Å². The number of carbonyl (C=O) groups excluding carboxylic acids is 5. The van der Waals surface area contributed by atoms with Crippen molar-refractivity contribution in [3.63, 3.8) is 0 Å². The maximum Gasteiger partial charge on any atom is 0.332 e. The summed E-state index contributed by atoms with van der Waals surface area (Å²) < 4.78 is 30.8. The molecule has 1 saturated heterocycles. The highest BCUT2D eigenvalue weighted by Crippen LogP contribution is 2.30. The monoisotopic (exact) mass is 552 g/mol. The molecule has 5 atom stereocenters. The summed E-state index contributed by atoms with van der Waals surface area (Å²) >= 11 is 0. The van der Waals surface area contributed by atoms with E-state index in [0.29, 0.717) is 18.9 Å². The van der Waals surface area contributed by atoms with Crippen molar-refractivity contribution in [2.75, 3.05) is 5.32 Å². The van der Waals surface area contributed by atoms with Crippen molar-refractivity contribution in [2.45, 2.75) is 91.1 Å². The molecular weight excluding hydrogens is 515 g/mol. The molecule has 11 nitrogen and oxygen atoms in total. The first-order valence-corrected chi connectivity index (χ1v) is 13.1. The number of amides is 2. The number of rotatable bonds is 11. The van der Waals surface area contributed by atoms with Crippen molar-refractivity contribution in [2.24, 2.45) is 11.8 Å². The molecule has 0 spiro atoms. The van der Waals surface area contributed by atoms with Crippen LogP contribution in [0.5, 0.6) is 5.75 Å². The average molecular weight is 553 g/mol. The van der Waals surface area contributed by atoms with Crippen LogP contribution in [0.25, 0.3) is 0 Å². The van der Waals surface area contributed by atoms with E-state index < -0.39 is 77.1 Å². The molecule has 1 aromatic carbocycles. The molecule has 216 valence electrons. The molecule has 1 heterocycles. The highest BCUT2D eigenvalue weighted by atomic mass is 19.1. The molecule has 0 unspecified atom stereocenters. The van der Waals surface area contributed by atoms with Crippen LogP contribution in [0.1, 0.15) is 77.1 Å². The fraction of sp³-hybridized carbons (Fsp3) is 0.593. The summed E-state index contributed by atoms with van der Waals surface area (Å²) in [6.07, 6.45) is 0.497. The molecule has 1 aliphatic heterocycles. The van der Waals surface area contributed by atoms with Crippen LogP contribution in [-0.2, 0) is 33.4 Å². The van der Waals surface area contributed by atoms with Gasteiger partial charge in [0.2, 0.25) is 6.41 Å². The molecular formula is C27H37FN2O9. The Balaban J connectivity index is 2.37. The Hall–Kier alpha value is -3.70. The highest BCUT2D eigenvalue weighted by molar-refractivity contribution is 6.01. The zero-order valence-electron chi connectivity index (χ0n) is 22.8. The minimum Gasteiger partial charge on any atom is -0.505 e. The van der Waals surface area contributed by atoms with E-state index >= 15 is 0 Å². The zero-order chi connectivity index (χ0) is 29.3. The van der Waals surface area contributed by atoms with Gasteiger partial charge in [0.1, 0.15) is 18.0 Å². The van der Waals surface area contributed by atoms with E-state index in [1.165, 1.54) is 13.8 Å². The summed E-state index contributed by atoms with van der Waals surface area (Å²) in [7, 11) is 0. The van der Waals surface area contributed by atoms with Crippen molar-refractivity contribution in [3.05, 3.63) is 23.5 Å². The number of aromatic hydroxyl groups is 1. The molecule has 1 aromatic rings. The van der Waals surface area contributed by atoms with E-state index in [1.54, 1.807) is 13.8 Å². The molecule has 3 N–H and O–H groups in total. The Bertz CT molecular complexity index is 1060. The number of phenolic OH excluding ortho intramolecular Hbond substituents is 1. The number of esters is 3. The second-order valence-corrected chi connectivity index (χ2v) is 9.86. The lowest BCUT2D eigenvalue weighted by atomic mass is 9.92. The molecule has 0 aromatic heterocycles. The predicted molar refractivity (Wildman–Crippen MR) is 137 cm³/mol. The number of nitrogens with one attached hydrogen (secondary N) is 2. The van der Waals surface area contributed by atoms with Gasteiger partial charge in [0, 0.05) is 6.07 Å². The van der Waals surface area contributed by atoms with E-state index in [0.717, 1.165) is 25.3 Å². The van der Waals surface area contributed by atoms with Crippen LogP contribution in [0.2, 0.25) is 0 Å². The highest BCUT2D eigenvalue weighted by Gasteiger charge is 2.44. The standard InChI is InChI=1S/C27H37FN2O9/c1-6-7-8-9-10-18-23(39-25(34)14(2)3)16(5)38-27(36)21(15(4)37-26(18)35)30-24(33)19-11-17(28)12-20(22(19)32)29-13-31/h11-16,18,21,23,32H,6-10H2,1-5H3,(H,29,31)(H,30,33)/t15-,16+,18-,21+,23+/m1/s1. The molecule has 2 amide bonds. The van der Waals surface area contributed by atoms with Gasteiger partial charge in [-0.2, -0.15) is 0 Å². The summed E-state index contributed by atoms with van der Waals surface area (Å²) in [5.41, 5.74) is -0.933. The van der Waals surface area contributed by atoms with Gasteiger partial charge < -0.3 is 30.0 Å². The van der Waals surface area contributed by atoms with Crippen LogP contribution in [-0.4, -0.2) is 59.7 Å². The second kappa shape index (κ2) is 14.5. The molecule has 2 rings (SSSR count). The van der Waals surface area contributed by atoms with Crippen molar-refractivity contribution in [3.8, 4) is 5.75 Å². The lowest BCUT2D eigenvalue weighted by molar-refractivity contribution is -0.177. The third-order valence-electron chi connectivity index (χ3n) is 6.40. The summed E-state index contributed by atoms with van der Waals surface area (Å²) in [5, 5.41) is 14.7. The molecule has 0 saturated carbocycles. The van der Waals surface area contributed by atoms with Crippen LogP contribution in [0.4, 0.5) is 10.1 Å². The minimum absolute atomic E-state index is 0.190. The van der Waals surface area contributed by atoms with Crippen LogP contribution in [0.3, 0.4) is 0 Å². The maximum atomic E-state index is 14.0. The van der Waals surface area contributed by atoms with Crippen molar-refractivity contribution in [1.82, 2.24) is 5.32 Å². The van der Waals surface area contributed by atoms with E-state index in [9.17, 15) is 33.5 Å². The quantitative estimate of drug-likeness (QED) is 0.123. The van der Waals surface area contributed by atoms with Crippen LogP contribution >= 0.6 is 0 Å². The molecule has 39 heavy (non-hydrogen) atoms. The Kier molecular flexibility index (Phi) is 11.7. The van der Waals surface area contributed by atoms with Crippen molar-refractivity contribution >= 4 is 35.9 Å². The van der Waals surface area contributed by atoms with Crippen molar-refractivity contribution in [1.29, 1.82) is 0 Å². The fourth-order valence-electron chi connectivity index (χ4n) is 4.18. The Morgan fingerprint density at radius 2 is 1.77 bits per heavy atom. The van der Waals surface area contributed by atoms with Gasteiger partial charge in [0.05, 0.1) is 23.1 Å². The minimum atomic E-state index is -1.55. The number of hydrogen-bond acceptors (Lipinski definition) is 9. The summed E-state index contributed by atoms with van der Waals surface area (Å²) in [6, 6.07) is -0.0248. The molecule has 1 fully saturated rings. The van der Waals surface area contributed by atoms with E-state index in [-0.39, 0.29) is 12.1 Å². The fourth-order valence-corrected chi connectivity index (χ4v) is 4.18. The van der Waals surface area contributed by atoms with Crippen LogP contribution in [0, 0.1) is 17.7 Å². The summed E-state index contributed by atoms with van der Waals surface area (Å²) in [5.74, 6) is -6.47. The topological polar surface area (TPSA) is 157 Å². The SMILES string of the molecule is CCCCCC[C@H]1C(=O)O[C@H](C)[C@H](NC(=O)c2cc(F)cc(NC=O)c2O)C(=O)O[C@@H](C)[C@@H]1OC(=O)C(C)C. The third kappa shape index (κ3) is 8.39. The van der Waals surface area contributed by atoms with Gasteiger partial charge >= 0.3 is 17.9 Å². The Morgan fingerprint density at radius 1 is 1.10 bits per heavy atom. The first-order valence-electron chi connectivity index (χ1n) is 13.1. The number of carbonyl (C=O) groups is 5. The molecule has 1 aliphatic rings. The number of cyclic esters (lactones) is 2. The number of ether oxygens (including phenoxy) is 3. The van der Waals surface area contributed by atoms with Gasteiger partial charge in [-0.25, -0.2) is 9.18 Å². The Labute approximate surface area is 226 Å². The molecule has 0 radical (unpaired) electrons. The molecule has 0 bridgehead atoms. The number of anilines is 1. The Morgan fingerprint density at radius 3 is 2.38 bits per heavy atom. The molecule has 12 heteroatoms. The lowest BCUT2D eigenvalue weighted by Gasteiger charge is -2.29. The number of phenols is 1. The lowest BCUT2D eigenvalue weighted by Crippen LogP contribution is -2.50. The average Bonchev–Trinajstić information content (AvgIpc) is 2.89. The van der Waals surface area contributed by atoms with Crippen molar-refractivity contribution < 1.29 is 47.7 Å². The predicted octanol–water partition coefficient (Wildman–Crippen LogP) is 3.23. The van der Waals surface area contributed by atoms with Gasteiger partial charge in [-0.05, 0) is 26.3 Å².